The van der Waals surface area contributed by atoms with Crippen molar-refractivity contribution in [2.75, 3.05) is 20.3 Å². The number of carbonyl (C=O) groups excluding carboxylic acids is 1. The second-order valence-corrected chi connectivity index (χ2v) is 4.55. The molecule has 6 N–H and O–H groups in total. The Morgan fingerprint density at radius 2 is 2.05 bits per heavy atom. The second kappa shape index (κ2) is 8.52. The van der Waals surface area contributed by atoms with Gasteiger partial charge in [-0.3, -0.25) is 4.79 Å². The Bertz CT molecular complexity index is 409. The first kappa shape index (κ1) is 16.4. The van der Waals surface area contributed by atoms with E-state index in [9.17, 15) is 9.90 Å². The zero-order chi connectivity index (χ0) is 15.0. The van der Waals surface area contributed by atoms with Gasteiger partial charge in [0, 0.05) is 0 Å². The van der Waals surface area contributed by atoms with E-state index in [1.165, 1.54) is 0 Å². The highest BCUT2D eigenvalue weighted by Crippen LogP contribution is 2.17. The molecule has 0 spiro atoms. The minimum atomic E-state index is -0.606. The summed E-state index contributed by atoms with van der Waals surface area (Å²) in [5.41, 5.74) is 11.9. The van der Waals surface area contributed by atoms with Crippen molar-refractivity contribution < 1.29 is 14.6 Å². The number of rotatable bonds is 8. The number of nitrogens with one attached hydrogen (secondary N) is 1. The minimum absolute atomic E-state index is 0.193. The Hall–Kier alpha value is -1.63. The molecule has 0 fully saturated rings. The van der Waals surface area contributed by atoms with Crippen LogP contribution in [0.4, 0.5) is 0 Å². The number of carbonyl (C=O) groups is 1. The predicted octanol–water partition coefficient (Wildman–Crippen LogP) is -0.0890. The molecule has 0 aliphatic heterocycles. The Balaban J connectivity index is 2.63. The van der Waals surface area contributed by atoms with Crippen molar-refractivity contribution in [2.45, 2.75) is 24.9 Å². The Labute approximate surface area is 119 Å². The maximum atomic E-state index is 11.9. The average Bonchev–Trinajstić information content (AvgIpc) is 2.50. The molecule has 0 bridgehead atoms. The molecule has 0 saturated carbocycles. The number of hydrogen-bond donors (Lipinski definition) is 4. The van der Waals surface area contributed by atoms with E-state index in [0.29, 0.717) is 19.4 Å². The van der Waals surface area contributed by atoms with E-state index in [2.05, 4.69) is 5.32 Å². The first-order valence-electron chi connectivity index (χ1n) is 6.63. The van der Waals surface area contributed by atoms with Gasteiger partial charge in [-0.05, 0) is 37.1 Å². The molecule has 6 nitrogen and oxygen atoms in total. The molecule has 0 aliphatic rings. The largest absolute Gasteiger partial charge is 0.497 e. The van der Waals surface area contributed by atoms with Crippen LogP contribution in [0, 0.1) is 0 Å². The summed E-state index contributed by atoms with van der Waals surface area (Å²) < 4.78 is 5.06. The third-order valence-electron chi connectivity index (χ3n) is 3.07. The van der Waals surface area contributed by atoms with E-state index in [0.717, 1.165) is 11.3 Å². The molecule has 1 amide bonds. The topological polar surface area (TPSA) is 111 Å². The van der Waals surface area contributed by atoms with Gasteiger partial charge < -0.3 is 26.6 Å². The molecule has 0 saturated heterocycles. The van der Waals surface area contributed by atoms with E-state index in [4.69, 9.17) is 16.2 Å². The molecule has 1 rings (SSSR count). The third kappa shape index (κ3) is 4.80. The van der Waals surface area contributed by atoms with Gasteiger partial charge in [0.15, 0.2) is 0 Å². The van der Waals surface area contributed by atoms with Gasteiger partial charge in [0.05, 0.1) is 25.8 Å². The van der Waals surface area contributed by atoms with Crippen LogP contribution >= 0.6 is 0 Å². The number of aliphatic hydroxyl groups excluding tert-OH is 1. The number of nitrogens with two attached hydrogens (primary N) is 2. The van der Waals surface area contributed by atoms with Gasteiger partial charge in [-0.15, -0.1) is 0 Å². The van der Waals surface area contributed by atoms with Crippen LogP contribution in [0.1, 0.15) is 24.4 Å². The third-order valence-corrected chi connectivity index (χ3v) is 3.07. The SMILES string of the molecule is COc1ccc(C(CO)NC(=O)[C@H](N)CCCN)cc1. The zero-order valence-corrected chi connectivity index (χ0v) is 11.7. The summed E-state index contributed by atoms with van der Waals surface area (Å²) in [6.07, 6.45) is 1.23. The molecule has 112 valence electrons. The fraction of sp³-hybridized carbons (Fsp3) is 0.500. The number of amides is 1. The maximum absolute atomic E-state index is 11.9. The van der Waals surface area contributed by atoms with Crippen LogP contribution in [0.2, 0.25) is 0 Å². The molecule has 0 radical (unpaired) electrons. The van der Waals surface area contributed by atoms with Crippen LogP contribution in [-0.2, 0) is 4.79 Å². The van der Waals surface area contributed by atoms with Crippen molar-refractivity contribution >= 4 is 5.91 Å². The molecular formula is C14H23N3O3. The minimum Gasteiger partial charge on any atom is -0.497 e. The summed E-state index contributed by atoms with van der Waals surface area (Å²) in [5, 5.41) is 12.1. The molecule has 2 atom stereocenters. The average molecular weight is 281 g/mol. The van der Waals surface area contributed by atoms with Gasteiger partial charge in [0.2, 0.25) is 5.91 Å². The standard InChI is InChI=1S/C14H23N3O3/c1-20-11-6-4-10(5-7-11)13(9-18)17-14(19)12(16)3-2-8-15/h4-7,12-13,18H,2-3,8-9,15-16H2,1H3,(H,17,19)/t12-,13?/m1/s1. The highest BCUT2D eigenvalue weighted by Gasteiger charge is 2.18. The fourth-order valence-electron chi connectivity index (χ4n) is 1.82. The number of methoxy groups -OCH3 is 1. The highest BCUT2D eigenvalue weighted by atomic mass is 16.5. The zero-order valence-electron chi connectivity index (χ0n) is 11.7. The molecule has 1 aromatic rings. The van der Waals surface area contributed by atoms with Crippen LogP contribution in [-0.4, -0.2) is 37.3 Å². The Kier molecular flexibility index (Phi) is 7.00. The lowest BCUT2D eigenvalue weighted by atomic mass is 10.1. The van der Waals surface area contributed by atoms with E-state index in [1.807, 2.05) is 0 Å². The van der Waals surface area contributed by atoms with Crippen LogP contribution in [0.5, 0.6) is 5.75 Å². The summed E-state index contributed by atoms with van der Waals surface area (Å²) in [6, 6.07) is 6.07. The number of hydrogen-bond acceptors (Lipinski definition) is 5. The molecule has 0 aliphatic carbocycles. The van der Waals surface area contributed by atoms with Gasteiger partial charge in [-0.2, -0.15) is 0 Å². The number of benzene rings is 1. The van der Waals surface area contributed by atoms with Gasteiger partial charge >= 0.3 is 0 Å². The van der Waals surface area contributed by atoms with E-state index in [1.54, 1.807) is 31.4 Å². The molecule has 1 unspecified atom stereocenters. The van der Waals surface area contributed by atoms with Crippen molar-refractivity contribution in [1.29, 1.82) is 0 Å². The quantitative estimate of drug-likeness (QED) is 0.532. The fourth-order valence-corrected chi connectivity index (χ4v) is 1.82. The highest BCUT2D eigenvalue weighted by molar-refractivity contribution is 5.81. The van der Waals surface area contributed by atoms with E-state index in [-0.39, 0.29) is 12.5 Å². The summed E-state index contributed by atoms with van der Waals surface area (Å²) in [7, 11) is 1.58. The van der Waals surface area contributed by atoms with Crippen LogP contribution in [0.25, 0.3) is 0 Å². The van der Waals surface area contributed by atoms with Crippen LogP contribution in [0.15, 0.2) is 24.3 Å². The smallest absolute Gasteiger partial charge is 0.237 e. The molecule has 6 heteroatoms. The lowest BCUT2D eigenvalue weighted by Crippen LogP contribution is -2.43. The van der Waals surface area contributed by atoms with Gasteiger partial charge in [0.25, 0.3) is 0 Å². The van der Waals surface area contributed by atoms with Gasteiger partial charge in [0.1, 0.15) is 5.75 Å². The second-order valence-electron chi connectivity index (χ2n) is 4.55. The summed E-state index contributed by atoms with van der Waals surface area (Å²) in [5.74, 6) is 0.435. The van der Waals surface area contributed by atoms with Crippen molar-refractivity contribution in [3.05, 3.63) is 29.8 Å². The Morgan fingerprint density at radius 1 is 1.40 bits per heavy atom. The number of ether oxygens (including phenoxy) is 1. The van der Waals surface area contributed by atoms with Crippen LogP contribution < -0.4 is 21.5 Å². The first-order chi connectivity index (χ1) is 9.62. The normalized spacial score (nSPS) is 13.6. The monoisotopic (exact) mass is 281 g/mol. The molecule has 20 heavy (non-hydrogen) atoms. The molecular weight excluding hydrogens is 258 g/mol. The van der Waals surface area contributed by atoms with Crippen molar-refractivity contribution in [3.63, 3.8) is 0 Å². The van der Waals surface area contributed by atoms with Crippen LogP contribution in [0.3, 0.4) is 0 Å². The number of aliphatic hydroxyl groups is 1. The predicted molar refractivity (Wildman–Crippen MR) is 77.2 cm³/mol. The lowest BCUT2D eigenvalue weighted by molar-refractivity contribution is -0.123. The first-order valence-corrected chi connectivity index (χ1v) is 6.63. The summed E-state index contributed by atoms with van der Waals surface area (Å²) >= 11 is 0. The van der Waals surface area contributed by atoms with Gasteiger partial charge in [-0.25, -0.2) is 0 Å². The molecule has 0 aromatic heterocycles. The van der Waals surface area contributed by atoms with E-state index >= 15 is 0 Å². The molecule has 1 aromatic carbocycles. The van der Waals surface area contributed by atoms with Crippen molar-refractivity contribution in [2.24, 2.45) is 11.5 Å². The lowest BCUT2D eigenvalue weighted by Gasteiger charge is -2.19. The van der Waals surface area contributed by atoms with E-state index < -0.39 is 12.1 Å². The summed E-state index contributed by atoms with van der Waals surface area (Å²) in [6.45, 7) is 0.310. The Morgan fingerprint density at radius 3 is 2.55 bits per heavy atom. The maximum Gasteiger partial charge on any atom is 0.237 e. The van der Waals surface area contributed by atoms with Crippen molar-refractivity contribution in [3.8, 4) is 5.75 Å². The van der Waals surface area contributed by atoms with Crippen molar-refractivity contribution in [1.82, 2.24) is 5.32 Å². The molecule has 0 heterocycles. The summed E-state index contributed by atoms with van der Waals surface area (Å²) in [4.78, 5) is 11.9. The van der Waals surface area contributed by atoms with Gasteiger partial charge in [-0.1, -0.05) is 12.1 Å².